The Morgan fingerprint density at radius 1 is 1.03 bits per heavy atom. The van der Waals surface area contributed by atoms with Gasteiger partial charge in [0.05, 0.1) is 12.2 Å². The maximum atomic E-state index is 13.7. The van der Waals surface area contributed by atoms with Gasteiger partial charge < -0.3 is 9.57 Å². The van der Waals surface area contributed by atoms with E-state index in [4.69, 9.17) is 9.57 Å². The molecule has 5 rings (SSSR count). The average molecular weight is 467 g/mol. The van der Waals surface area contributed by atoms with Gasteiger partial charge in [-0.3, -0.25) is 4.90 Å². The highest BCUT2D eigenvalue weighted by atomic mass is 19.2. The SMILES string of the molecule is CO/N=C(/c1ccc(CN2CCC3(CC2)OCc2cc(F)ncc23)cc1)c1ccc(F)c(F)c1. The lowest BCUT2D eigenvalue weighted by molar-refractivity contribution is -0.0800. The van der Waals surface area contributed by atoms with E-state index in [2.05, 4.69) is 15.0 Å². The molecular formula is C26H24F3N3O2. The molecule has 34 heavy (non-hydrogen) atoms. The second kappa shape index (κ2) is 9.19. The van der Waals surface area contributed by atoms with Crippen molar-refractivity contribution in [1.82, 2.24) is 9.88 Å². The van der Waals surface area contributed by atoms with Crippen molar-refractivity contribution in [3.63, 3.8) is 0 Å². The molecule has 1 saturated heterocycles. The van der Waals surface area contributed by atoms with Crippen molar-refractivity contribution in [2.24, 2.45) is 5.16 Å². The minimum absolute atomic E-state index is 0.369. The van der Waals surface area contributed by atoms with Crippen LogP contribution >= 0.6 is 0 Å². The Hall–Kier alpha value is -3.23. The molecule has 0 unspecified atom stereocenters. The summed E-state index contributed by atoms with van der Waals surface area (Å²) >= 11 is 0. The zero-order valence-corrected chi connectivity index (χ0v) is 18.7. The molecule has 0 saturated carbocycles. The van der Waals surface area contributed by atoms with Gasteiger partial charge in [-0.25, -0.2) is 13.8 Å². The summed E-state index contributed by atoms with van der Waals surface area (Å²) in [6.07, 6.45) is 3.27. The number of halogens is 3. The average Bonchev–Trinajstić information content (AvgIpc) is 3.18. The lowest BCUT2D eigenvalue weighted by Gasteiger charge is -2.39. The molecule has 0 radical (unpaired) electrons. The van der Waals surface area contributed by atoms with E-state index < -0.39 is 17.6 Å². The van der Waals surface area contributed by atoms with Gasteiger partial charge in [-0.05, 0) is 48.2 Å². The number of oxime groups is 1. The predicted octanol–water partition coefficient (Wildman–Crippen LogP) is 4.92. The molecule has 2 aliphatic heterocycles. The fraction of sp³-hybridized carbons (Fsp3) is 0.308. The summed E-state index contributed by atoms with van der Waals surface area (Å²) in [4.78, 5) is 11.1. The highest BCUT2D eigenvalue weighted by Gasteiger charge is 2.43. The highest BCUT2D eigenvalue weighted by Crippen LogP contribution is 2.44. The quantitative estimate of drug-likeness (QED) is 0.304. The molecule has 176 valence electrons. The van der Waals surface area contributed by atoms with Crippen molar-refractivity contribution in [2.45, 2.75) is 31.6 Å². The highest BCUT2D eigenvalue weighted by molar-refractivity contribution is 6.12. The Bertz CT molecular complexity index is 1220. The van der Waals surface area contributed by atoms with Gasteiger partial charge in [-0.1, -0.05) is 29.4 Å². The summed E-state index contributed by atoms with van der Waals surface area (Å²) < 4.78 is 46.6. The zero-order valence-electron chi connectivity index (χ0n) is 18.7. The Morgan fingerprint density at radius 3 is 2.47 bits per heavy atom. The van der Waals surface area contributed by atoms with E-state index in [1.54, 1.807) is 6.20 Å². The van der Waals surface area contributed by atoms with Crippen LogP contribution in [0.4, 0.5) is 13.2 Å². The first-order valence-electron chi connectivity index (χ1n) is 11.1. The van der Waals surface area contributed by atoms with Crippen LogP contribution in [-0.2, 0) is 28.3 Å². The molecule has 3 heterocycles. The zero-order chi connectivity index (χ0) is 23.7. The van der Waals surface area contributed by atoms with E-state index in [9.17, 15) is 13.2 Å². The largest absolute Gasteiger partial charge is 0.399 e. The Morgan fingerprint density at radius 2 is 1.76 bits per heavy atom. The minimum atomic E-state index is -0.935. The fourth-order valence-corrected chi connectivity index (χ4v) is 4.81. The van der Waals surface area contributed by atoms with E-state index in [0.29, 0.717) is 17.9 Å². The molecule has 0 N–H and O–H groups in total. The fourth-order valence-electron chi connectivity index (χ4n) is 4.81. The van der Waals surface area contributed by atoms with Gasteiger partial charge in [0.15, 0.2) is 11.6 Å². The van der Waals surface area contributed by atoms with Crippen LogP contribution in [0.15, 0.2) is 59.9 Å². The Labute approximate surface area is 195 Å². The number of ether oxygens (including phenoxy) is 1. The van der Waals surface area contributed by atoms with Crippen molar-refractivity contribution in [1.29, 1.82) is 0 Å². The molecule has 0 amide bonds. The lowest BCUT2D eigenvalue weighted by Crippen LogP contribution is -2.42. The Balaban J connectivity index is 1.26. The van der Waals surface area contributed by atoms with E-state index >= 15 is 0 Å². The van der Waals surface area contributed by atoms with Crippen LogP contribution in [0.2, 0.25) is 0 Å². The number of likely N-dealkylation sites (tertiary alicyclic amines) is 1. The number of fused-ring (bicyclic) bond motifs is 2. The maximum Gasteiger partial charge on any atom is 0.213 e. The second-order valence-electron chi connectivity index (χ2n) is 8.67. The van der Waals surface area contributed by atoms with Crippen LogP contribution in [-0.4, -0.2) is 35.8 Å². The minimum Gasteiger partial charge on any atom is -0.399 e. The monoisotopic (exact) mass is 467 g/mol. The van der Waals surface area contributed by atoms with Crippen molar-refractivity contribution in [3.05, 3.63) is 100 Å². The summed E-state index contributed by atoms with van der Waals surface area (Å²) in [5.74, 6) is -2.31. The molecule has 1 aromatic heterocycles. The smallest absolute Gasteiger partial charge is 0.213 e. The van der Waals surface area contributed by atoms with Crippen LogP contribution in [0.3, 0.4) is 0 Å². The molecule has 2 aromatic carbocycles. The summed E-state index contributed by atoms with van der Waals surface area (Å²) in [7, 11) is 1.41. The normalized spacial score (nSPS) is 17.7. The van der Waals surface area contributed by atoms with Gasteiger partial charge in [0.2, 0.25) is 5.95 Å². The van der Waals surface area contributed by atoms with Gasteiger partial charge >= 0.3 is 0 Å². The standard InChI is InChI=1S/C26H24F3N3O2/c1-33-31-25(19-6-7-22(27)23(28)12-19)18-4-2-17(3-5-18)15-32-10-8-26(9-11-32)21-14-30-24(29)13-20(21)16-34-26/h2-7,12-14H,8-11,15-16H2,1H3/b31-25-. The van der Waals surface area contributed by atoms with E-state index in [0.717, 1.165) is 66.9 Å². The predicted molar refractivity (Wildman–Crippen MR) is 121 cm³/mol. The molecule has 8 heteroatoms. The number of piperidine rings is 1. The van der Waals surface area contributed by atoms with E-state index in [1.165, 1.54) is 19.2 Å². The second-order valence-corrected chi connectivity index (χ2v) is 8.67. The first-order valence-corrected chi connectivity index (χ1v) is 11.1. The van der Waals surface area contributed by atoms with Gasteiger partial charge in [0.1, 0.15) is 12.8 Å². The third kappa shape index (κ3) is 4.31. The van der Waals surface area contributed by atoms with Crippen molar-refractivity contribution >= 4 is 5.71 Å². The first kappa shape index (κ1) is 22.6. The number of hydrogen-bond acceptors (Lipinski definition) is 5. The molecule has 0 bridgehead atoms. The third-order valence-corrected chi connectivity index (χ3v) is 6.62. The maximum absolute atomic E-state index is 13.7. The number of aromatic nitrogens is 1. The number of hydrogen-bond donors (Lipinski definition) is 0. The van der Waals surface area contributed by atoms with Gasteiger partial charge in [0.25, 0.3) is 0 Å². The van der Waals surface area contributed by atoms with Crippen molar-refractivity contribution < 1.29 is 22.7 Å². The molecule has 3 aromatic rings. The molecule has 1 spiro atoms. The van der Waals surface area contributed by atoms with Crippen LogP contribution in [0.1, 0.15) is 40.7 Å². The van der Waals surface area contributed by atoms with Crippen LogP contribution in [0, 0.1) is 17.6 Å². The van der Waals surface area contributed by atoms with Crippen LogP contribution < -0.4 is 0 Å². The van der Waals surface area contributed by atoms with Crippen LogP contribution in [0.5, 0.6) is 0 Å². The molecular weight excluding hydrogens is 443 g/mol. The van der Waals surface area contributed by atoms with Gasteiger partial charge in [0, 0.05) is 42.5 Å². The summed E-state index contributed by atoms with van der Waals surface area (Å²) in [5, 5.41) is 4.02. The number of nitrogens with zero attached hydrogens (tertiary/aromatic N) is 3. The van der Waals surface area contributed by atoms with E-state index in [1.807, 2.05) is 24.3 Å². The topological polar surface area (TPSA) is 47.0 Å². The first-order chi connectivity index (χ1) is 16.5. The molecule has 5 nitrogen and oxygen atoms in total. The lowest BCUT2D eigenvalue weighted by atomic mass is 9.84. The molecule has 0 atom stereocenters. The molecule has 2 aliphatic rings. The summed E-state index contributed by atoms with van der Waals surface area (Å²) in [6, 6.07) is 12.9. The Kier molecular flexibility index (Phi) is 6.10. The number of benzene rings is 2. The molecule has 1 fully saturated rings. The third-order valence-electron chi connectivity index (χ3n) is 6.62. The molecule has 0 aliphatic carbocycles. The van der Waals surface area contributed by atoms with Gasteiger partial charge in [-0.2, -0.15) is 4.39 Å². The van der Waals surface area contributed by atoms with Crippen molar-refractivity contribution in [3.8, 4) is 0 Å². The number of rotatable bonds is 5. The van der Waals surface area contributed by atoms with Crippen molar-refractivity contribution in [2.75, 3.05) is 20.2 Å². The van der Waals surface area contributed by atoms with Crippen LogP contribution in [0.25, 0.3) is 0 Å². The summed E-state index contributed by atoms with van der Waals surface area (Å²) in [5.41, 5.74) is 4.26. The van der Waals surface area contributed by atoms with Gasteiger partial charge in [-0.15, -0.1) is 0 Å². The number of pyridine rings is 1. The summed E-state index contributed by atoms with van der Waals surface area (Å²) in [6.45, 7) is 2.90. The van der Waals surface area contributed by atoms with E-state index in [-0.39, 0.29) is 5.60 Å².